The fourth-order valence-corrected chi connectivity index (χ4v) is 1.89. The maximum Gasteiger partial charge on any atom is 0.325 e. The Kier molecular flexibility index (Phi) is 5.94. The molecule has 0 saturated heterocycles. The quantitative estimate of drug-likeness (QED) is 0.355. The number of carbonyl (C=O) groups is 3. The normalized spacial score (nSPS) is 9.92. The van der Waals surface area contributed by atoms with Crippen molar-refractivity contribution in [3.63, 3.8) is 0 Å². The van der Waals surface area contributed by atoms with E-state index in [1.807, 2.05) is 0 Å². The van der Waals surface area contributed by atoms with Crippen LogP contribution < -0.4 is 5.32 Å². The Morgan fingerprint density at radius 3 is 2.20 bits per heavy atom. The molecule has 0 aromatic heterocycles. The van der Waals surface area contributed by atoms with Crippen LogP contribution in [0, 0.1) is 10.1 Å². The van der Waals surface area contributed by atoms with Crippen LogP contribution in [0.25, 0.3) is 0 Å². The average molecular weight is 342 g/mol. The van der Waals surface area contributed by atoms with Gasteiger partial charge in [-0.15, -0.1) is 0 Å². The van der Waals surface area contributed by atoms with Gasteiger partial charge in [0.25, 0.3) is 11.6 Å². The van der Waals surface area contributed by atoms with E-state index in [0.717, 1.165) is 0 Å². The highest BCUT2D eigenvalue weighted by Gasteiger charge is 2.13. The van der Waals surface area contributed by atoms with Crippen molar-refractivity contribution in [1.82, 2.24) is 5.32 Å². The molecular weight excluding hydrogens is 328 g/mol. The predicted molar refractivity (Wildman–Crippen MR) is 87.2 cm³/mol. The Morgan fingerprint density at radius 2 is 1.60 bits per heavy atom. The monoisotopic (exact) mass is 342 g/mol. The van der Waals surface area contributed by atoms with Gasteiger partial charge in [0.2, 0.25) is 0 Å². The van der Waals surface area contributed by atoms with Gasteiger partial charge in [-0.25, -0.2) is 0 Å². The summed E-state index contributed by atoms with van der Waals surface area (Å²) in [6.07, 6.45) is 0. The van der Waals surface area contributed by atoms with Crippen LogP contribution in [0.15, 0.2) is 54.6 Å². The molecule has 0 radical (unpaired) electrons. The molecule has 0 bridgehead atoms. The molecule has 0 atom stereocenters. The van der Waals surface area contributed by atoms with Gasteiger partial charge in [0.05, 0.1) is 4.92 Å². The average Bonchev–Trinajstić information content (AvgIpc) is 2.64. The predicted octanol–water partition coefficient (Wildman–Crippen LogP) is 1.75. The molecular formula is C17H14N2O6. The highest BCUT2D eigenvalue weighted by Crippen LogP contribution is 2.11. The van der Waals surface area contributed by atoms with E-state index in [9.17, 15) is 24.5 Å². The summed E-state index contributed by atoms with van der Waals surface area (Å²) in [5.41, 5.74) is 0.444. The Labute approximate surface area is 142 Å². The number of benzene rings is 2. The number of rotatable bonds is 7. The molecule has 0 aliphatic carbocycles. The van der Waals surface area contributed by atoms with Gasteiger partial charge < -0.3 is 10.1 Å². The first-order valence-electron chi connectivity index (χ1n) is 7.24. The second kappa shape index (κ2) is 8.34. The second-order valence-electron chi connectivity index (χ2n) is 4.94. The summed E-state index contributed by atoms with van der Waals surface area (Å²) in [4.78, 5) is 45.2. The highest BCUT2D eigenvalue weighted by atomic mass is 16.6. The zero-order valence-electron chi connectivity index (χ0n) is 13.0. The highest BCUT2D eigenvalue weighted by molar-refractivity contribution is 5.98. The van der Waals surface area contributed by atoms with E-state index in [-0.39, 0.29) is 17.0 Å². The molecule has 8 nitrogen and oxygen atoms in total. The van der Waals surface area contributed by atoms with Crippen molar-refractivity contribution >= 4 is 23.3 Å². The number of carbonyl (C=O) groups excluding carboxylic acids is 3. The number of nitro groups is 1. The zero-order valence-corrected chi connectivity index (χ0v) is 13.0. The fourth-order valence-electron chi connectivity index (χ4n) is 1.89. The van der Waals surface area contributed by atoms with Gasteiger partial charge in [-0.2, -0.15) is 0 Å². The smallest absolute Gasteiger partial charge is 0.325 e. The number of ketones is 1. The number of Topliss-reactive ketones (excluding diaryl/α,β-unsaturated/α-hetero) is 1. The van der Waals surface area contributed by atoms with E-state index in [0.29, 0.717) is 5.56 Å². The van der Waals surface area contributed by atoms with Crippen LogP contribution in [0.4, 0.5) is 5.69 Å². The minimum Gasteiger partial charge on any atom is -0.456 e. The molecule has 2 aromatic rings. The van der Waals surface area contributed by atoms with Gasteiger partial charge in [-0.05, 0) is 12.1 Å². The molecule has 128 valence electrons. The van der Waals surface area contributed by atoms with Crippen LogP contribution in [0.2, 0.25) is 0 Å². The molecule has 25 heavy (non-hydrogen) atoms. The molecule has 2 rings (SSSR count). The van der Waals surface area contributed by atoms with Crippen molar-refractivity contribution in [2.75, 3.05) is 13.2 Å². The number of ether oxygens (including phenoxy) is 1. The van der Waals surface area contributed by atoms with Gasteiger partial charge in [0.15, 0.2) is 12.4 Å². The maximum atomic E-state index is 11.8. The Hall–Kier alpha value is -3.55. The summed E-state index contributed by atoms with van der Waals surface area (Å²) >= 11 is 0. The van der Waals surface area contributed by atoms with E-state index in [2.05, 4.69) is 5.32 Å². The Balaban J connectivity index is 1.78. The molecule has 1 amide bonds. The molecule has 0 saturated carbocycles. The van der Waals surface area contributed by atoms with E-state index in [4.69, 9.17) is 4.74 Å². The lowest BCUT2D eigenvalue weighted by molar-refractivity contribution is -0.384. The molecule has 0 aliphatic rings. The number of non-ortho nitro benzene ring substituents is 1. The van der Waals surface area contributed by atoms with Gasteiger partial charge >= 0.3 is 5.97 Å². The van der Waals surface area contributed by atoms with Crippen LogP contribution in [0.5, 0.6) is 0 Å². The van der Waals surface area contributed by atoms with E-state index >= 15 is 0 Å². The topological polar surface area (TPSA) is 116 Å². The third-order valence-corrected chi connectivity index (χ3v) is 3.19. The SMILES string of the molecule is O=C(CNC(=O)c1ccc([N+](=O)[O-])cc1)OCC(=O)c1ccccc1. The van der Waals surface area contributed by atoms with E-state index in [1.165, 1.54) is 24.3 Å². The zero-order chi connectivity index (χ0) is 18.2. The van der Waals surface area contributed by atoms with Gasteiger partial charge in [0, 0.05) is 23.3 Å². The van der Waals surface area contributed by atoms with Crippen molar-refractivity contribution in [2.45, 2.75) is 0 Å². The van der Waals surface area contributed by atoms with Crippen LogP contribution in [0.1, 0.15) is 20.7 Å². The number of nitrogens with one attached hydrogen (secondary N) is 1. The van der Waals surface area contributed by atoms with Crippen LogP contribution >= 0.6 is 0 Å². The summed E-state index contributed by atoms with van der Waals surface area (Å²) in [6.45, 7) is -0.839. The Bertz CT molecular complexity index is 787. The third kappa shape index (κ3) is 5.24. The third-order valence-electron chi connectivity index (χ3n) is 3.19. The molecule has 0 unspecified atom stereocenters. The van der Waals surface area contributed by atoms with Gasteiger partial charge in [-0.1, -0.05) is 30.3 Å². The number of esters is 1. The first kappa shape index (κ1) is 17.8. The standard InChI is InChI=1S/C17H14N2O6/c20-15(12-4-2-1-3-5-12)11-25-16(21)10-18-17(22)13-6-8-14(9-7-13)19(23)24/h1-9H,10-11H2,(H,18,22). The summed E-state index contributed by atoms with van der Waals surface area (Å²) < 4.78 is 4.80. The molecule has 0 spiro atoms. The van der Waals surface area contributed by atoms with Crippen molar-refractivity contribution in [3.8, 4) is 0 Å². The van der Waals surface area contributed by atoms with Crippen molar-refractivity contribution in [1.29, 1.82) is 0 Å². The lowest BCUT2D eigenvalue weighted by Gasteiger charge is -2.06. The Morgan fingerprint density at radius 1 is 0.960 bits per heavy atom. The maximum absolute atomic E-state index is 11.8. The first-order valence-corrected chi connectivity index (χ1v) is 7.24. The van der Waals surface area contributed by atoms with Crippen molar-refractivity contribution in [2.24, 2.45) is 0 Å². The second-order valence-corrected chi connectivity index (χ2v) is 4.94. The fraction of sp³-hybridized carbons (Fsp3) is 0.118. The molecule has 0 fully saturated rings. The van der Waals surface area contributed by atoms with Gasteiger partial charge in [0.1, 0.15) is 6.54 Å². The summed E-state index contributed by atoms with van der Waals surface area (Å²) in [7, 11) is 0. The minimum absolute atomic E-state index is 0.143. The number of nitrogens with zero attached hydrogens (tertiary/aromatic N) is 1. The summed E-state index contributed by atoms with van der Waals surface area (Å²) in [5, 5.41) is 12.9. The number of hydrogen-bond acceptors (Lipinski definition) is 6. The number of amides is 1. The summed E-state index contributed by atoms with van der Waals surface area (Å²) in [5.74, 6) is -1.70. The minimum atomic E-state index is -0.764. The number of hydrogen-bond donors (Lipinski definition) is 1. The van der Waals surface area contributed by atoms with Crippen molar-refractivity contribution in [3.05, 3.63) is 75.8 Å². The molecule has 2 aromatic carbocycles. The molecule has 0 heterocycles. The lowest BCUT2D eigenvalue weighted by atomic mass is 10.1. The van der Waals surface area contributed by atoms with Crippen molar-refractivity contribution < 1.29 is 24.0 Å². The lowest BCUT2D eigenvalue weighted by Crippen LogP contribution is -2.31. The molecule has 8 heteroatoms. The largest absolute Gasteiger partial charge is 0.456 e. The molecule has 0 aliphatic heterocycles. The van der Waals surface area contributed by atoms with Crippen LogP contribution in [-0.2, 0) is 9.53 Å². The van der Waals surface area contributed by atoms with Crippen LogP contribution in [-0.4, -0.2) is 35.7 Å². The summed E-state index contributed by atoms with van der Waals surface area (Å²) in [6, 6.07) is 13.3. The number of nitro benzene ring substituents is 1. The molecule has 1 N–H and O–H groups in total. The van der Waals surface area contributed by atoms with Crippen LogP contribution in [0.3, 0.4) is 0 Å². The van der Waals surface area contributed by atoms with E-state index < -0.39 is 30.0 Å². The van der Waals surface area contributed by atoms with Gasteiger partial charge in [-0.3, -0.25) is 24.5 Å². The van der Waals surface area contributed by atoms with E-state index in [1.54, 1.807) is 30.3 Å². The first-order chi connectivity index (χ1) is 12.0.